The van der Waals surface area contributed by atoms with Gasteiger partial charge in [0.15, 0.2) is 5.96 Å². The van der Waals surface area contributed by atoms with E-state index in [1.165, 1.54) is 38.6 Å². The van der Waals surface area contributed by atoms with Crippen molar-refractivity contribution in [2.24, 2.45) is 10.9 Å². The number of likely N-dealkylation sites (tertiary alicyclic amines) is 1. The Labute approximate surface area is 181 Å². The maximum atomic E-state index is 12.2. The van der Waals surface area contributed by atoms with Crippen molar-refractivity contribution in [2.45, 2.75) is 77.9 Å². The van der Waals surface area contributed by atoms with Gasteiger partial charge in [-0.3, -0.25) is 9.69 Å². The van der Waals surface area contributed by atoms with Crippen LogP contribution in [-0.4, -0.2) is 48.5 Å². The zero-order valence-electron chi connectivity index (χ0n) is 18.9. The van der Waals surface area contributed by atoms with Gasteiger partial charge < -0.3 is 16.0 Å². The number of rotatable bonds is 8. The van der Waals surface area contributed by atoms with Gasteiger partial charge in [-0.25, -0.2) is 4.99 Å². The first-order chi connectivity index (χ1) is 14.6. The van der Waals surface area contributed by atoms with E-state index >= 15 is 0 Å². The molecule has 1 aliphatic carbocycles. The van der Waals surface area contributed by atoms with Crippen molar-refractivity contribution in [3.05, 3.63) is 29.8 Å². The molecule has 1 saturated heterocycles. The number of nitrogens with one attached hydrogen (secondary N) is 3. The molecule has 6 nitrogen and oxygen atoms in total. The smallest absolute Gasteiger partial charge is 0.227 e. The molecule has 0 bridgehead atoms. The quantitative estimate of drug-likeness (QED) is 0.449. The summed E-state index contributed by atoms with van der Waals surface area (Å²) in [5.41, 5.74) is 1.93. The molecule has 2 unspecified atom stereocenters. The normalized spacial score (nSPS) is 21.6. The number of carbonyl (C=O) groups excluding carboxylic acids is 1. The third-order valence-electron chi connectivity index (χ3n) is 6.42. The van der Waals surface area contributed by atoms with E-state index in [1.54, 1.807) is 0 Å². The zero-order valence-corrected chi connectivity index (χ0v) is 18.9. The van der Waals surface area contributed by atoms with Crippen LogP contribution in [0.25, 0.3) is 0 Å². The summed E-state index contributed by atoms with van der Waals surface area (Å²) >= 11 is 0. The number of hydrogen-bond acceptors (Lipinski definition) is 3. The molecule has 2 aliphatic rings. The van der Waals surface area contributed by atoms with Crippen molar-refractivity contribution < 1.29 is 4.79 Å². The maximum Gasteiger partial charge on any atom is 0.227 e. The summed E-state index contributed by atoms with van der Waals surface area (Å²) < 4.78 is 0. The van der Waals surface area contributed by atoms with Crippen molar-refractivity contribution in [1.29, 1.82) is 0 Å². The van der Waals surface area contributed by atoms with E-state index < -0.39 is 0 Å². The van der Waals surface area contributed by atoms with Crippen molar-refractivity contribution >= 4 is 17.6 Å². The monoisotopic (exact) mass is 413 g/mol. The number of carbonyl (C=O) groups is 1. The van der Waals surface area contributed by atoms with Gasteiger partial charge in [0.1, 0.15) is 0 Å². The van der Waals surface area contributed by atoms with Crippen molar-refractivity contribution in [2.75, 3.05) is 25.0 Å². The molecule has 0 radical (unpaired) electrons. The Balaban J connectivity index is 1.55. The van der Waals surface area contributed by atoms with Crippen LogP contribution in [0.2, 0.25) is 0 Å². The topological polar surface area (TPSA) is 68.8 Å². The standard InChI is InChI=1S/C24H39N5O/c1-4-18(3)23(30)27-20-10-8-9-19(15-20)16-26-24(25-5-2)28-21-13-14-29(17-21)22-11-6-7-12-22/h8-10,15,18,21-22H,4-7,11-14,16-17H2,1-3H3,(H,27,30)(H2,25,26,28). The molecule has 2 atom stereocenters. The molecule has 2 fully saturated rings. The molecule has 1 aromatic carbocycles. The predicted octanol–water partition coefficient (Wildman–Crippen LogP) is 3.74. The lowest BCUT2D eigenvalue weighted by atomic mass is 10.1. The van der Waals surface area contributed by atoms with Crippen LogP contribution >= 0.6 is 0 Å². The first kappa shape index (κ1) is 22.6. The number of amides is 1. The average molecular weight is 414 g/mol. The van der Waals surface area contributed by atoms with Crippen LogP contribution in [0.15, 0.2) is 29.3 Å². The van der Waals surface area contributed by atoms with Crippen molar-refractivity contribution in [3.63, 3.8) is 0 Å². The molecule has 1 saturated carbocycles. The van der Waals surface area contributed by atoms with Gasteiger partial charge >= 0.3 is 0 Å². The van der Waals surface area contributed by atoms with Gasteiger partial charge in [0.05, 0.1) is 6.54 Å². The minimum Gasteiger partial charge on any atom is -0.357 e. The third kappa shape index (κ3) is 6.46. The summed E-state index contributed by atoms with van der Waals surface area (Å²) in [6.07, 6.45) is 7.53. The molecule has 1 heterocycles. The lowest BCUT2D eigenvalue weighted by Gasteiger charge is -2.24. The maximum absolute atomic E-state index is 12.2. The number of benzene rings is 1. The molecule has 1 amide bonds. The molecule has 166 valence electrons. The molecular weight excluding hydrogens is 374 g/mol. The second-order valence-corrected chi connectivity index (χ2v) is 8.76. The Morgan fingerprint density at radius 3 is 2.77 bits per heavy atom. The SMILES string of the molecule is CCNC(=NCc1cccc(NC(=O)C(C)CC)c1)NC1CCN(C2CCCC2)C1. The second kappa shape index (κ2) is 11.3. The first-order valence-electron chi connectivity index (χ1n) is 11.8. The number of hydrogen-bond donors (Lipinski definition) is 3. The highest BCUT2D eigenvalue weighted by Gasteiger charge is 2.30. The highest BCUT2D eigenvalue weighted by Crippen LogP contribution is 2.26. The van der Waals surface area contributed by atoms with Gasteiger partial charge in [0.2, 0.25) is 5.91 Å². The average Bonchev–Trinajstić information content (AvgIpc) is 3.44. The molecule has 3 N–H and O–H groups in total. The highest BCUT2D eigenvalue weighted by molar-refractivity contribution is 5.92. The number of anilines is 1. The summed E-state index contributed by atoms with van der Waals surface area (Å²) in [6.45, 7) is 9.82. The fourth-order valence-electron chi connectivity index (χ4n) is 4.39. The third-order valence-corrected chi connectivity index (χ3v) is 6.42. The summed E-state index contributed by atoms with van der Waals surface area (Å²) in [5, 5.41) is 10.0. The predicted molar refractivity (Wildman–Crippen MR) is 125 cm³/mol. The first-order valence-corrected chi connectivity index (χ1v) is 11.8. The van der Waals surface area contributed by atoms with Crippen molar-refractivity contribution in [1.82, 2.24) is 15.5 Å². The minimum absolute atomic E-state index is 0.0199. The van der Waals surface area contributed by atoms with Gasteiger partial charge in [0.25, 0.3) is 0 Å². The van der Waals surface area contributed by atoms with E-state index in [1.807, 2.05) is 32.0 Å². The van der Waals surface area contributed by atoms with Crippen LogP contribution in [-0.2, 0) is 11.3 Å². The van der Waals surface area contributed by atoms with E-state index in [-0.39, 0.29) is 11.8 Å². The van der Waals surface area contributed by atoms with Gasteiger partial charge in [-0.2, -0.15) is 0 Å². The Bertz CT molecular complexity index is 713. The molecule has 0 spiro atoms. The van der Waals surface area contributed by atoms with Gasteiger partial charge in [0, 0.05) is 43.3 Å². The van der Waals surface area contributed by atoms with Crippen LogP contribution < -0.4 is 16.0 Å². The largest absolute Gasteiger partial charge is 0.357 e. The summed E-state index contributed by atoms with van der Waals surface area (Å²) in [4.78, 5) is 19.6. The molecule has 1 aliphatic heterocycles. The number of guanidine groups is 1. The van der Waals surface area contributed by atoms with Crippen LogP contribution in [0.4, 0.5) is 5.69 Å². The number of aliphatic imine (C=N–C) groups is 1. The van der Waals surface area contributed by atoms with E-state index in [4.69, 9.17) is 4.99 Å². The second-order valence-electron chi connectivity index (χ2n) is 8.76. The minimum atomic E-state index is 0.0199. The van der Waals surface area contributed by atoms with Crippen LogP contribution in [0.5, 0.6) is 0 Å². The molecule has 3 rings (SSSR count). The summed E-state index contributed by atoms with van der Waals surface area (Å²) in [6, 6.07) is 9.25. The molecule has 6 heteroatoms. The molecule has 0 aromatic heterocycles. The Kier molecular flexibility index (Phi) is 8.55. The molecule has 1 aromatic rings. The fourth-order valence-corrected chi connectivity index (χ4v) is 4.39. The van der Waals surface area contributed by atoms with E-state index in [2.05, 4.69) is 33.8 Å². The molecular formula is C24H39N5O. The van der Waals surface area contributed by atoms with Crippen LogP contribution in [0.1, 0.15) is 64.9 Å². The van der Waals surface area contributed by atoms with Gasteiger partial charge in [-0.05, 0) is 50.3 Å². The Morgan fingerprint density at radius 1 is 1.23 bits per heavy atom. The van der Waals surface area contributed by atoms with Crippen LogP contribution in [0.3, 0.4) is 0 Å². The van der Waals surface area contributed by atoms with E-state index in [0.29, 0.717) is 12.6 Å². The highest BCUT2D eigenvalue weighted by atomic mass is 16.1. The summed E-state index contributed by atoms with van der Waals surface area (Å²) in [7, 11) is 0. The molecule has 30 heavy (non-hydrogen) atoms. The van der Waals surface area contributed by atoms with Gasteiger partial charge in [-0.1, -0.05) is 38.8 Å². The lowest BCUT2D eigenvalue weighted by molar-refractivity contribution is -0.119. The summed E-state index contributed by atoms with van der Waals surface area (Å²) in [5.74, 6) is 0.970. The lowest BCUT2D eigenvalue weighted by Crippen LogP contribution is -2.45. The number of nitrogens with zero attached hydrogens (tertiary/aromatic N) is 2. The van der Waals surface area contributed by atoms with Crippen molar-refractivity contribution in [3.8, 4) is 0 Å². The fraction of sp³-hybridized carbons (Fsp3) is 0.667. The zero-order chi connectivity index (χ0) is 21.3. The van der Waals surface area contributed by atoms with Crippen LogP contribution in [0, 0.1) is 5.92 Å². The van der Waals surface area contributed by atoms with E-state index in [0.717, 1.165) is 42.8 Å². The Morgan fingerprint density at radius 2 is 2.03 bits per heavy atom. The Hall–Kier alpha value is -2.08. The van der Waals surface area contributed by atoms with E-state index in [9.17, 15) is 4.79 Å². The van der Waals surface area contributed by atoms with Gasteiger partial charge in [-0.15, -0.1) is 0 Å².